The molecule has 0 aromatic heterocycles. The van der Waals surface area contributed by atoms with E-state index >= 15 is 0 Å². The Morgan fingerprint density at radius 3 is 3.16 bits per heavy atom. The SMILES string of the molecule is CNCCCC(=O)NC1CCSc2ccc(Cl)cc21. The second-order valence-electron chi connectivity index (χ2n) is 4.65. The van der Waals surface area contributed by atoms with Gasteiger partial charge >= 0.3 is 0 Å². The second kappa shape index (κ2) is 7.17. The van der Waals surface area contributed by atoms with Crippen LogP contribution in [0.5, 0.6) is 0 Å². The van der Waals surface area contributed by atoms with Gasteiger partial charge in [-0.15, -0.1) is 11.8 Å². The van der Waals surface area contributed by atoms with Crippen molar-refractivity contribution in [2.24, 2.45) is 0 Å². The maximum Gasteiger partial charge on any atom is 0.220 e. The number of thioether (sulfide) groups is 1. The van der Waals surface area contributed by atoms with Gasteiger partial charge in [0.25, 0.3) is 0 Å². The van der Waals surface area contributed by atoms with E-state index < -0.39 is 0 Å². The van der Waals surface area contributed by atoms with E-state index in [0.29, 0.717) is 6.42 Å². The minimum atomic E-state index is 0.108. The Balaban J connectivity index is 1.99. The second-order valence-corrected chi connectivity index (χ2v) is 6.22. The van der Waals surface area contributed by atoms with Crippen molar-refractivity contribution in [1.82, 2.24) is 10.6 Å². The predicted octanol–water partition coefficient (Wildman–Crippen LogP) is 2.99. The predicted molar refractivity (Wildman–Crippen MR) is 80.8 cm³/mol. The van der Waals surface area contributed by atoms with Crippen molar-refractivity contribution in [2.45, 2.75) is 30.2 Å². The fourth-order valence-electron chi connectivity index (χ4n) is 2.21. The number of benzene rings is 1. The molecule has 19 heavy (non-hydrogen) atoms. The largest absolute Gasteiger partial charge is 0.349 e. The third-order valence-electron chi connectivity index (χ3n) is 3.18. The molecule has 0 bridgehead atoms. The molecule has 0 spiro atoms. The van der Waals surface area contributed by atoms with Gasteiger partial charge in [-0.2, -0.15) is 0 Å². The third-order valence-corrected chi connectivity index (χ3v) is 4.53. The summed E-state index contributed by atoms with van der Waals surface area (Å²) < 4.78 is 0. The van der Waals surface area contributed by atoms with Crippen molar-refractivity contribution >= 4 is 29.3 Å². The fourth-order valence-corrected chi connectivity index (χ4v) is 3.49. The van der Waals surface area contributed by atoms with E-state index in [-0.39, 0.29) is 11.9 Å². The van der Waals surface area contributed by atoms with Gasteiger partial charge in [-0.3, -0.25) is 4.79 Å². The number of nitrogens with one attached hydrogen (secondary N) is 2. The molecule has 2 N–H and O–H groups in total. The van der Waals surface area contributed by atoms with Gasteiger partial charge in [0.1, 0.15) is 0 Å². The maximum absolute atomic E-state index is 11.9. The van der Waals surface area contributed by atoms with E-state index in [1.54, 1.807) is 0 Å². The number of carbonyl (C=O) groups excluding carboxylic acids is 1. The number of rotatable bonds is 5. The van der Waals surface area contributed by atoms with Gasteiger partial charge < -0.3 is 10.6 Å². The summed E-state index contributed by atoms with van der Waals surface area (Å²) in [6.07, 6.45) is 2.41. The van der Waals surface area contributed by atoms with E-state index in [1.165, 1.54) is 4.90 Å². The molecule has 1 amide bonds. The van der Waals surface area contributed by atoms with Crippen LogP contribution in [0.2, 0.25) is 5.02 Å². The Hall–Kier alpha value is -0.710. The Morgan fingerprint density at radius 1 is 1.53 bits per heavy atom. The molecule has 2 rings (SSSR count). The first-order valence-corrected chi connectivity index (χ1v) is 7.93. The highest BCUT2D eigenvalue weighted by molar-refractivity contribution is 7.99. The maximum atomic E-state index is 11.9. The third kappa shape index (κ3) is 4.13. The molecule has 104 valence electrons. The van der Waals surface area contributed by atoms with Crippen molar-refractivity contribution in [3.8, 4) is 0 Å². The zero-order valence-electron chi connectivity index (χ0n) is 11.0. The van der Waals surface area contributed by atoms with Crippen LogP contribution in [0.4, 0.5) is 0 Å². The molecule has 0 saturated carbocycles. The molecular formula is C14H19ClN2OS. The normalized spacial score (nSPS) is 17.9. The van der Waals surface area contributed by atoms with Crippen LogP contribution in [0.25, 0.3) is 0 Å². The minimum absolute atomic E-state index is 0.108. The van der Waals surface area contributed by atoms with Crippen LogP contribution in [0.3, 0.4) is 0 Å². The van der Waals surface area contributed by atoms with Gasteiger partial charge in [0.05, 0.1) is 6.04 Å². The topological polar surface area (TPSA) is 41.1 Å². The van der Waals surface area contributed by atoms with Crippen LogP contribution in [-0.4, -0.2) is 25.3 Å². The average Bonchev–Trinajstić information content (AvgIpc) is 2.40. The first kappa shape index (κ1) is 14.7. The van der Waals surface area contributed by atoms with Crippen molar-refractivity contribution in [3.63, 3.8) is 0 Å². The molecule has 1 aliphatic rings. The lowest BCUT2D eigenvalue weighted by Crippen LogP contribution is -2.30. The van der Waals surface area contributed by atoms with Gasteiger partial charge in [0, 0.05) is 22.1 Å². The lowest BCUT2D eigenvalue weighted by molar-refractivity contribution is -0.122. The van der Waals surface area contributed by atoms with Crippen LogP contribution < -0.4 is 10.6 Å². The van der Waals surface area contributed by atoms with E-state index in [9.17, 15) is 4.79 Å². The standard InChI is InChI=1S/C14H19ClN2OS/c1-16-7-2-3-14(18)17-12-6-8-19-13-5-4-10(15)9-11(12)13/h4-5,9,12,16H,2-3,6-8H2,1H3,(H,17,18). The summed E-state index contributed by atoms with van der Waals surface area (Å²) in [4.78, 5) is 13.1. The molecule has 1 aromatic carbocycles. The van der Waals surface area contributed by atoms with Crippen LogP contribution >= 0.6 is 23.4 Å². The zero-order valence-corrected chi connectivity index (χ0v) is 12.6. The van der Waals surface area contributed by atoms with E-state index in [1.807, 2.05) is 37.0 Å². The van der Waals surface area contributed by atoms with Crippen molar-refractivity contribution in [3.05, 3.63) is 28.8 Å². The lowest BCUT2D eigenvalue weighted by Gasteiger charge is -2.26. The first-order valence-electron chi connectivity index (χ1n) is 6.57. The average molecular weight is 299 g/mol. The van der Waals surface area contributed by atoms with Crippen molar-refractivity contribution in [2.75, 3.05) is 19.3 Å². The van der Waals surface area contributed by atoms with Crippen LogP contribution in [0.15, 0.2) is 23.1 Å². The molecule has 5 heteroatoms. The smallest absolute Gasteiger partial charge is 0.220 e. The number of hydrogen-bond acceptors (Lipinski definition) is 3. The van der Waals surface area contributed by atoms with Crippen LogP contribution in [0, 0.1) is 0 Å². The summed E-state index contributed by atoms with van der Waals surface area (Å²) in [5.74, 6) is 1.16. The lowest BCUT2D eigenvalue weighted by atomic mass is 10.0. The number of halogens is 1. The molecule has 0 saturated heterocycles. The highest BCUT2D eigenvalue weighted by atomic mass is 35.5. The van der Waals surface area contributed by atoms with Gasteiger partial charge in [0.2, 0.25) is 5.91 Å². The summed E-state index contributed by atoms with van der Waals surface area (Å²) in [5, 5.41) is 6.90. The molecule has 0 radical (unpaired) electrons. The molecule has 3 nitrogen and oxygen atoms in total. The summed E-state index contributed by atoms with van der Waals surface area (Å²) in [7, 11) is 1.90. The Morgan fingerprint density at radius 2 is 2.37 bits per heavy atom. The summed E-state index contributed by atoms with van der Waals surface area (Å²) in [6.45, 7) is 0.871. The Bertz CT molecular complexity index is 453. The van der Waals surface area contributed by atoms with Crippen molar-refractivity contribution in [1.29, 1.82) is 0 Å². The number of hydrogen-bond donors (Lipinski definition) is 2. The molecule has 0 aliphatic carbocycles. The van der Waals surface area contributed by atoms with E-state index in [4.69, 9.17) is 11.6 Å². The highest BCUT2D eigenvalue weighted by Crippen LogP contribution is 2.37. The number of carbonyl (C=O) groups is 1. The fraction of sp³-hybridized carbons (Fsp3) is 0.500. The monoisotopic (exact) mass is 298 g/mol. The van der Waals surface area contributed by atoms with E-state index in [2.05, 4.69) is 10.6 Å². The summed E-state index contributed by atoms with van der Waals surface area (Å²) in [5.41, 5.74) is 1.16. The summed E-state index contributed by atoms with van der Waals surface area (Å²) >= 11 is 7.88. The molecule has 0 fully saturated rings. The van der Waals surface area contributed by atoms with Gasteiger partial charge in [-0.1, -0.05) is 11.6 Å². The van der Waals surface area contributed by atoms with Crippen LogP contribution in [-0.2, 0) is 4.79 Å². The Kier molecular flexibility index (Phi) is 5.55. The van der Waals surface area contributed by atoms with Crippen LogP contribution in [0.1, 0.15) is 30.9 Å². The Labute approximate surface area is 123 Å². The molecule has 1 atom stereocenters. The van der Waals surface area contributed by atoms with Gasteiger partial charge in [0.15, 0.2) is 0 Å². The minimum Gasteiger partial charge on any atom is -0.349 e. The van der Waals surface area contributed by atoms with E-state index in [0.717, 1.165) is 35.7 Å². The molecular weight excluding hydrogens is 280 g/mol. The molecule has 1 aliphatic heterocycles. The van der Waals surface area contributed by atoms with Gasteiger partial charge in [-0.25, -0.2) is 0 Å². The quantitative estimate of drug-likeness (QED) is 0.821. The number of fused-ring (bicyclic) bond motifs is 1. The first-order chi connectivity index (χ1) is 9.20. The number of amides is 1. The van der Waals surface area contributed by atoms with Crippen molar-refractivity contribution < 1.29 is 4.79 Å². The highest BCUT2D eigenvalue weighted by Gasteiger charge is 2.22. The molecule has 1 heterocycles. The summed E-state index contributed by atoms with van der Waals surface area (Å²) in [6, 6.07) is 6.03. The molecule has 1 unspecified atom stereocenters. The van der Waals surface area contributed by atoms with Gasteiger partial charge in [-0.05, 0) is 50.2 Å². The molecule has 1 aromatic rings. The zero-order chi connectivity index (χ0) is 13.7.